The highest BCUT2D eigenvalue weighted by Crippen LogP contribution is 2.33. The number of rotatable bonds is 5. The molecular formula is C16H20F3N3O3. The number of amides is 1. The number of nitrogens with two attached hydrogens (primary N) is 1. The molecule has 1 aliphatic carbocycles. The first-order valence-electron chi connectivity index (χ1n) is 8.06. The standard InChI is InChI=1S/C16H20F3N3O3/c17-16(18,19)12-6-5-10(14(8-12)22(24)25)7-15(23)21-13-4-2-1-3-11(13)9-20/h5-6,8,11,13H,1-4,7,9,20H2,(H,21,23)/t11-,13+/m1/s1. The lowest BCUT2D eigenvalue weighted by Gasteiger charge is -2.31. The third kappa shape index (κ3) is 4.91. The zero-order valence-corrected chi connectivity index (χ0v) is 13.5. The van der Waals surface area contributed by atoms with Crippen LogP contribution in [-0.4, -0.2) is 23.4 Å². The minimum Gasteiger partial charge on any atom is -0.353 e. The Balaban J connectivity index is 2.13. The molecule has 0 radical (unpaired) electrons. The molecule has 0 bridgehead atoms. The number of carbonyl (C=O) groups excluding carboxylic acids is 1. The second kappa shape index (κ2) is 7.81. The number of nitro groups is 1. The Morgan fingerprint density at radius 1 is 1.32 bits per heavy atom. The van der Waals surface area contributed by atoms with Crippen LogP contribution in [0.25, 0.3) is 0 Å². The Hall–Kier alpha value is -2.16. The first-order chi connectivity index (χ1) is 11.7. The van der Waals surface area contributed by atoms with E-state index in [1.807, 2.05) is 0 Å². The molecule has 2 atom stereocenters. The van der Waals surface area contributed by atoms with Crippen LogP contribution in [0.15, 0.2) is 18.2 Å². The third-order valence-electron chi connectivity index (χ3n) is 4.52. The molecular weight excluding hydrogens is 339 g/mol. The second-order valence-electron chi connectivity index (χ2n) is 6.23. The molecule has 1 aliphatic rings. The monoisotopic (exact) mass is 359 g/mol. The molecule has 0 aliphatic heterocycles. The number of nitro benzene ring substituents is 1. The summed E-state index contributed by atoms with van der Waals surface area (Å²) in [6.45, 7) is 0.436. The van der Waals surface area contributed by atoms with E-state index in [4.69, 9.17) is 5.73 Å². The normalized spacial score (nSPS) is 21.0. The van der Waals surface area contributed by atoms with Gasteiger partial charge in [-0.2, -0.15) is 13.2 Å². The summed E-state index contributed by atoms with van der Waals surface area (Å²) in [5, 5.41) is 13.9. The summed E-state index contributed by atoms with van der Waals surface area (Å²) in [4.78, 5) is 22.4. The van der Waals surface area contributed by atoms with Crippen LogP contribution in [0.2, 0.25) is 0 Å². The van der Waals surface area contributed by atoms with Gasteiger partial charge in [0.15, 0.2) is 0 Å². The minimum absolute atomic E-state index is 0.0457. The van der Waals surface area contributed by atoms with Crippen molar-refractivity contribution in [1.29, 1.82) is 0 Å². The predicted molar refractivity (Wildman–Crippen MR) is 84.7 cm³/mol. The Morgan fingerprint density at radius 2 is 2.00 bits per heavy atom. The van der Waals surface area contributed by atoms with Crippen molar-refractivity contribution in [3.8, 4) is 0 Å². The van der Waals surface area contributed by atoms with Gasteiger partial charge in [-0.3, -0.25) is 14.9 Å². The molecule has 2 rings (SSSR count). The van der Waals surface area contributed by atoms with Crippen LogP contribution in [0, 0.1) is 16.0 Å². The van der Waals surface area contributed by atoms with Crippen molar-refractivity contribution in [2.24, 2.45) is 11.7 Å². The summed E-state index contributed by atoms with van der Waals surface area (Å²) in [5.74, 6) is -0.298. The zero-order chi connectivity index (χ0) is 18.6. The van der Waals surface area contributed by atoms with Crippen molar-refractivity contribution in [2.45, 2.75) is 44.3 Å². The van der Waals surface area contributed by atoms with Gasteiger partial charge in [0.25, 0.3) is 5.69 Å². The van der Waals surface area contributed by atoms with Crippen molar-refractivity contribution in [3.05, 3.63) is 39.4 Å². The van der Waals surface area contributed by atoms with E-state index < -0.39 is 28.3 Å². The quantitative estimate of drug-likeness (QED) is 0.624. The minimum atomic E-state index is -4.68. The second-order valence-corrected chi connectivity index (χ2v) is 6.23. The lowest BCUT2D eigenvalue weighted by molar-refractivity contribution is -0.385. The van der Waals surface area contributed by atoms with E-state index in [1.165, 1.54) is 0 Å². The van der Waals surface area contributed by atoms with Crippen molar-refractivity contribution >= 4 is 11.6 Å². The van der Waals surface area contributed by atoms with Gasteiger partial charge in [-0.15, -0.1) is 0 Å². The maximum absolute atomic E-state index is 12.7. The molecule has 0 spiro atoms. The van der Waals surface area contributed by atoms with Crippen molar-refractivity contribution in [2.75, 3.05) is 6.54 Å². The fourth-order valence-corrected chi connectivity index (χ4v) is 3.17. The first kappa shape index (κ1) is 19.2. The van der Waals surface area contributed by atoms with Crippen molar-refractivity contribution in [1.82, 2.24) is 5.32 Å². The van der Waals surface area contributed by atoms with E-state index >= 15 is 0 Å². The third-order valence-corrected chi connectivity index (χ3v) is 4.52. The average Bonchev–Trinajstić information content (AvgIpc) is 2.54. The molecule has 138 valence electrons. The van der Waals surface area contributed by atoms with Gasteiger partial charge in [-0.1, -0.05) is 18.9 Å². The summed E-state index contributed by atoms with van der Waals surface area (Å²) in [7, 11) is 0. The van der Waals surface area contributed by atoms with E-state index in [1.54, 1.807) is 0 Å². The number of hydrogen-bond acceptors (Lipinski definition) is 4. The van der Waals surface area contributed by atoms with Crippen LogP contribution in [0.3, 0.4) is 0 Å². The molecule has 1 amide bonds. The Kier molecular flexibility index (Phi) is 5.99. The van der Waals surface area contributed by atoms with Gasteiger partial charge in [0.1, 0.15) is 0 Å². The first-order valence-corrected chi connectivity index (χ1v) is 8.06. The maximum Gasteiger partial charge on any atom is 0.416 e. The van der Waals surface area contributed by atoms with Crippen molar-refractivity contribution < 1.29 is 22.9 Å². The Labute approximate surface area is 142 Å². The molecule has 1 aromatic carbocycles. The van der Waals surface area contributed by atoms with Crippen LogP contribution >= 0.6 is 0 Å². The van der Waals surface area contributed by atoms with Crippen LogP contribution < -0.4 is 11.1 Å². The fraction of sp³-hybridized carbons (Fsp3) is 0.562. The molecule has 0 heterocycles. The van der Waals surface area contributed by atoms with E-state index in [9.17, 15) is 28.1 Å². The largest absolute Gasteiger partial charge is 0.416 e. The Bertz CT molecular complexity index is 649. The van der Waals surface area contributed by atoms with Gasteiger partial charge in [-0.25, -0.2) is 0 Å². The lowest BCUT2D eigenvalue weighted by atomic mass is 9.84. The van der Waals surface area contributed by atoms with Gasteiger partial charge in [0.2, 0.25) is 5.91 Å². The van der Waals surface area contributed by atoms with Gasteiger partial charge in [-0.05, 0) is 31.4 Å². The van der Waals surface area contributed by atoms with E-state index in [0.717, 1.165) is 37.8 Å². The lowest BCUT2D eigenvalue weighted by Crippen LogP contribution is -2.45. The number of halogens is 3. The van der Waals surface area contributed by atoms with Crippen LogP contribution in [0.4, 0.5) is 18.9 Å². The number of nitrogens with one attached hydrogen (secondary N) is 1. The molecule has 0 aromatic heterocycles. The van der Waals surface area contributed by atoms with Crippen LogP contribution in [-0.2, 0) is 17.4 Å². The summed E-state index contributed by atoms with van der Waals surface area (Å²) >= 11 is 0. The molecule has 0 unspecified atom stereocenters. The number of hydrogen-bond donors (Lipinski definition) is 2. The zero-order valence-electron chi connectivity index (χ0n) is 13.5. The smallest absolute Gasteiger partial charge is 0.353 e. The Morgan fingerprint density at radius 3 is 2.60 bits per heavy atom. The summed E-state index contributed by atoms with van der Waals surface area (Å²) in [6, 6.07) is 2.10. The molecule has 25 heavy (non-hydrogen) atoms. The average molecular weight is 359 g/mol. The number of carbonyl (C=O) groups is 1. The molecule has 6 nitrogen and oxygen atoms in total. The summed E-state index contributed by atoms with van der Waals surface area (Å²) in [6.07, 6.45) is -1.34. The van der Waals surface area contributed by atoms with Crippen molar-refractivity contribution in [3.63, 3.8) is 0 Å². The molecule has 0 saturated heterocycles. The van der Waals surface area contributed by atoms with E-state index in [-0.39, 0.29) is 23.9 Å². The van der Waals surface area contributed by atoms with Crippen LogP contribution in [0.1, 0.15) is 36.8 Å². The molecule has 1 aromatic rings. The van der Waals surface area contributed by atoms with E-state index in [0.29, 0.717) is 12.6 Å². The highest BCUT2D eigenvalue weighted by Gasteiger charge is 2.33. The molecule has 9 heteroatoms. The highest BCUT2D eigenvalue weighted by molar-refractivity contribution is 5.80. The number of benzene rings is 1. The maximum atomic E-state index is 12.7. The fourth-order valence-electron chi connectivity index (χ4n) is 3.17. The topological polar surface area (TPSA) is 98.3 Å². The SMILES string of the molecule is NC[C@H]1CCCC[C@@H]1NC(=O)Cc1ccc(C(F)(F)F)cc1[N+](=O)[O-]. The predicted octanol–water partition coefficient (Wildman–Crippen LogP) is 2.79. The van der Waals surface area contributed by atoms with Gasteiger partial charge in [0, 0.05) is 17.7 Å². The molecule has 3 N–H and O–H groups in total. The van der Waals surface area contributed by atoms with Gasteiger partial charge < -0.3 is 11.1 Å². The molecule has 1 fully saturated rings. The number of alkyl halides is 3. The van der Waals surface area contributed by atoms with Gasteiger partial charge in [0.05, 0.1) is 16.9 Å². The number of nitrogens with zero attached hydrogens (tertiary/aromatic N) is 1. The van der Waals surface area contributed by atoms with Crippen LogP contribution in [0.5, 0.6) is 0 Å². The summed E-state index contributed by atoms with van der Waals surface area (Å²) < 4.78 is 38.1. The summed E-state index contributed by atoms with van der Waals surface area (Å²) in [5.41, 5.74) is 3.83. The van der Waals surface area contributed by atoms with Gasteiger partial charge >= 0.3 is 6.18 Å². The van der Waals surface area contributed by atoms with E-state index in [2.05, 4.69) is 5.32 Å². The highest BCUT2D eigenvalue weighted by atomic mass is 19.4. The molecule has 1 saturated carbocycles.